The lowest BCUT2D eigenvalue weighted by atomic mass is 9.93. The molecule has 0 aliphatic carbocycles. The van der Waals surface area contributed by atoms with Crippen molar-refractivity contribution in [2.75, 3.05) is 13.1 Å². The maximum atomic E-state index is 12.0. The van der Waals surface area contributed by atoms with E-state index < -0.39 is 0 Å². The van der Waals surface area contributed by atoms with E-state index in [1.165, 1.54) is 19.3 Å². The van der Waals surface area contributed by atoms with Gasteiger partial charge in [-0.15, -0.1) is 0 Å². The van der Waals surface area contributed by atoms with Gasteiger partial charge in [0.1, 0.15) is 0 Å². The molecule has 0 amide bonds. The van der Waals surface area contributed by atoms with Crippen molar-refractivity contribution in [2.24, 2.45) is 5.92 Å². The molecule has 2 nitrogen and oxygen atoms in total. The monoisotopic (exact) mass is 231 g/mol. The molecule has 2 heteroatoms. The molecule has 1 saturated heterocycles. The van der Waals surface area contributed by atoms with Gasteiger partial charge in [0, 0.05) is 12.0 Å². The molecule has 1 aromatic rings. The molecule has 0 saturated carbocycles. The molecule has 2 rings (SSSR count). The molecule has 92 valence electrons. The Kier molecular flexibility index (Phi) is 4.75. The van der Waals surface area contributed by atoms with Crippen LogP contribution in [0, 0.1) is 5.92 Å². The van der Waals surface area contributed by atoms with Crippen LogP contribution in [0.5, 0.6) is 0 Å². The molecule has 1 unspecified atom stereocenters. The van der Waals surface area contributed by atoms with Crippen LogP contribution >= 0.6 is 0 Å². The summed E-state index contributed by atoms with van der Waals surface area (Å²) < 4.78 is 0. The molecular formula is C15H21NO. The lowest BCUT2D eigenvalue weighted by Gasteiger charge is -2.12. The van der Waals surface area contributed by atoms with E-state index >= 15 is 0 Å². The third kappa shape index (κ3) is 3.97. The highest BCUT2D eigenvalue weighted by Crippen LogP contribution is 2.20. The summed E-state index contributed by atoms with van der Waals surface area (Å²) in [6, 6.07) is 9.65. The molecule has 1 heterocycles. The molecular weight excluding hydrogens is 210 g/mol. The van der Waals surface area contributed by atoms with Crippen LogP contribution < -0.4 is 5.32 Å². The molecule has 0 bridgehead atoms. The summed E-state index contributed by atoms with van der Waals surface area (Å²) >= 11 is 0. The van der Waals surface area contributed by atoms with Crippen LogP contribution in [-0.2, 0) is 0 Å². The van der Waals surface area contributed by atoms with Gasteiger partial charge in [0.05, 0.1) is 0 Å². The smallest absolute Gasteiger partial charge is 0.162 e. The number of carbonyl (C=O) groups is 1. The van der Waals surface area contributed by atoms with Gasteiger partial charge in [-0.25, -0.2) is 0 Å². The lowest BCUT2D eigenvalue weighted by Crippen LogP contribution is -2.14. The van der Waals surface area contributed by atoms with Gasteiger partial charge in [-0.2, -0.15) is 0 Å². The second-order valence-corrected chi connectivity index (χ2v) is 4.87. The number of rotatable bonds is 4. The predicted molar refractivity (Wildman–Crippen MR) is 70.2 cm³/mol. The largest absolute Gasteiger partial charge is 0.317 e. The fourth-order valence-electron chi connectivity index (χ4n) is 2.48. The van der Waals surface area contributed by atoms with Crippen molar-refractivity contribution in [3.63, 3.8) is 0 Å². The van der Waals surface area contributed by atoms with Crippen molar-refractivity contribution < 1.29 is 4.79 Å². The van der Waals surface area contributed by atoms with Crippen LogP contribution in [-0.4, -0.2) is 18.9 Å². The average molecular weight is 231 g/mol. The third-order valence-corrected chi connectivity index (χ3v) is 3.57. The zero-order valence-corrected chi connectivity index (χ0v) is 10.3. The average Bonchev–Trinajstić information content (AvgIpc) is 2.65. The van der Waals surface area contributed by atoms with E-state index in [-0.39, 0.29) is 0 Å². The molecule has 1 N–H and O–H groups in total. The van der Waals surface area contributed by atoms with Crippen molar-refractivity contribution in [1.82, 2.24) is 5.32 Å². The van der Waals surface area contributed by atoms with Gasteiger partial charge < -0.3 is 5.32 Å². The molecule has 0 aromatic heterocycles. The molecule has 17 heavy (non-hydrogen) atoms. The number of benzene rings is 1. The molecule has 0 radical (unpaired) electrons. The topological polar surface area (TPSA) is 29.1 Å². The van der Waals surface area contributed by atoms with Gasteiger partial charge in [0.25, 0.3) is 0 Å². The standard InChI is InChI=1S/C15H21NO/c17-15(14-6-2-1-3-7-14)9-8-13-5-4-11-16-12-10-13/h1-3,6-7,13,16H,4-5,8-12H2. The summed E-state index contributed by atoms with van der Waals surface area (Å²) in [6.07, 6.45) is 5.51. The molecule has 1 fully saturated rings. The van der Waals surface area contributed by atoms with E-state index in [2.05, 4.69) is 5.32 Å². The maximum Gasteiger partial charge on any atom is 0.162 e. The van der Waals surface area contributed by atoms with E-state index in [1.54, 1.807) is 0 Å². The number of carbonyl (C=O) groups excluding carboxylic acids is 1. The van der Waals surface area contributed by atoms with Crippen LogP contribution in [0.15, 0.2) is 30.3 Å². The van der Waals surface area contributed by atoms with Gasteiger partial charge in [-0.1, -0.05) is 30.3 Å². The summed E-state index contributed by atoms with van der Waals surface area (Å²) in [4.78, 5) is 12.0. The quantitative estimate of drug-likeness (QED) is 0.807. The Hall–Kier alpha value is -1.15. The second-order valence-electron chi connectivity index (χ2n) is 4.87. The number of hydrogen-bond donors (Lipinski definition) is 1. The highest BCUT2D eigenvalue weighted by molar-refractivity contribution is 5.95. The van der Waals surface area contributed by atoms with Crippen LogP contribution in [0.4, 0.5) is 0 Å². The minimum absolute atomic E-state index is 0.294. The Balaban J connectivity index is 1.79. The second kappa shape index (κ2) is 6.55. The fraction of sp³-hybridized carbons (Fsp3) is 0.533. The lowest BCUT2D eigenvalue weighted by molar-refractivity contribution is 0.0972. The van der Waals surface area contributed by atoms with Gasteiger partial charge in [-0.05, 0) is 44.7 Å². The first-order chi connectivity index (χ1) is 8.36. The Morgan fingerprint density at radius 1 is 1.18 bits per heavy atom. The van der Waals surface area contributed by atoms with Crippen molar-refractivity contribution in [3.05, 3.63) is 35.9 Å². The van der Waals surface area contributed by atoms with Crippen molar-refractivity contribution >= 4 is 5.78 Å². The Labute approximate surface area is 103 Å². The van der Waals surface area contributed by atoms with Crippen LogP contribution in [0.3, 0.4) is 0 Å². The zero-order valence-electron chi connectivity index (χ0n) is 10.3. The summed E-state index contributed by atoms with van der Waals surface area (Å²) in [5.41, 5.74) is 0.860. The zero-order chi connectivity index (χ0) is 11.9. The van der Waals surface area contributed by atoms with Crippen molar-refractivity contribution in [1.29, 1.82) is 0 Å². The van der Waals surface area contributed by atoms with Crippen LogP contribution in [0.2, 0.25) is 0 Å². The van der Waals surface area contributed by atoms with Crippen molar-refractivity contribution in [2.45, 2.75) is 32.1 Å². The van der Waals surface area contributed by atoms with E-state index in [1.807, 2.05) is 30.3 Å². The first kappa shape index (κ1) is 12.3. The molecule has 1 aliphatic heterocycles. The highest BCUT2D eigenvalue weighted by atomic mass is 16.1. The maximum absolute atomic E-state index is 12.0. The molecule has 1 aliphatic rings. The van der Waals surface area contributed by atoms with Gasteiger partial charge in [0.15, 0.2) is 5.78 Å². The van der Waals surface area contributed by atoms with E-state index in [0.717, 1.165) is 31.0 Å². The van der Waals surface area contributed by atoms with Gasteiger partial charge in [-0.3, -0.25) is 4.79 Å². The SMILES string of the molecule is O=C(CCC1CCCNCC1)c1ccccc1. The number of Topliss-reactive ketones (excluding diaryl/α,β-unsaturated/α-hetero) is 1. The van der Waals surface area contributed by atoms with E-state index in [0.29, 0.717) is 12.2 Å². The van der Waals surface area contributed by atoms with Gasteiger partial charge >= 0.3 is 0 Å². The van der Waals surface area contributed by atoms with Gasteiger partial charge in [0.2, 0.25) is 0 Å². The minimum Gasteiger partial charge on any atom is -0.317 e. The molecule has 1 aromatic carbocycles. The summed E-state index contributed by atoms with van der Waals surface area (Å²) in [5, 5.41) is 3.41. The summed E-state index contributed by atoms with van der Waals surface area (Å²) in [7, 11) is 0. The van der Waals surface area contributed by atoms with Crippen LogP contribution in [0.25, 0.3) is 0 Å². The fourth-order valence-corrected chi connectivity index (χ4v) is 2.48. The Morgan fingerprint density at radius 3 is 2.82 bits per heavy atom. The predicted octanol–water partition coefficient (Wildman–Crippen LogP) is 3.04. The number of hydrogen-bond acceptors (Lipinski definition) is 2. The minimum atomic E-state index is 0.294. The first-order valence-corrected chi connectivity index (χ1v) is 6.65. The highest BCUT2D eigenvalue weighted by Gasteiger charge is 2.14. The summed E-state index contributed by atoms with van der Waals surface area (Å²) in [6.45, 7) is 2.26. The van der Waals surface area contributed by atoms with E-state index in [4.69, 9.17) is 0 Å². The molecule has 1 atom stereocenters. The Morgan fingerprint density at radius 2 is 2.00 bits per heavy atom. The van der Waals surface area contributed by atoms with Crippen molar-refractivity contribution in [3.8, 4) is 0 Å². The first-order valence-electron chi connectivity index (χ1n) is 6.65. The Bertz CT molecular complexity index is 339. The normalized spacial score (nSPS) is 20.8. The molecule has 0 spiro atoms. The van der Waals surface area contributed by atoms with Crippen LogP contribution in [0.1, 0.15) is 42.5 Å². The third-order valence-electron chi connectivity index (χ3n) is 3.57. The summed E-state index contributed by atoms with van der Waals surface area (Å²) in [5.74, 6) is 1.03. The number of nitrogens with one attached hydrogen (secondary N) is 1. The van der Waals surface area contributed by atoms with E-state index in [9.17, 15) is 4.79 Å². The number of ketones is 1.